The fourth-order valence-electron chi connectivity index (χ4n) is 3.59. The van der Waals surface area contributed by atoms with E-state index >= 15 is 0 Å². The minimum Gasteiger partial charge on any atom is -0.306 e. The summed E-state index contributed by atoms with van der Waals surface area (Å²) in [5.41, 5.74) is 1.35. The average Bonchev–Trinajstić information content (AvgIpc) is 2.99. The molecule has 1 fully saturated rings. The molecule has 1 saturated heterocycles. The Morgan fingerprint density at radius 1 is 1.11 bits per heavy atom. The molecule has 0 bridgehead atoms. The van der Waals surface area contributed by atoms with Crippen LogP contribution < -0.4 is 5.69 Å². The first-order valence-electron chi connectivity index (χ1n) is 8.52. The van der Waals surface area contributed by atoms with Gasteiger partial charge in [0.05, 0.1) is 16.1 Å². The van der Waals surface area contributed by atoms with Crippen LogP contribution in [0.3, 0.4) is 0 Å². The molecular formula is C18H17ClFN3O3S. The van der Waals surface area contributed by atoms with Gasteiger partial charge in [-0.2, -0.15) is 4.31 Å². The number of piperidine rings is 1. The van der Waals surface area contributed by atoms with Crippen LogP contribution >= 0.6 is 11.6 Å². The molecule has 27 heavy (non-hydrogen) atoms. The molecule has 1 aliphatic rings. The van der Waals surface area contributed by atoms with E-state index in [0.717, 1.165) is 23.2 Å². The van der Waals surface area contributed by atoms with Crippen molar-refractivity contribution in [1.29, 1.82) is 0 Å². The molecule has 0 amide bonds. The van der Waals surface area contributed by atoms with Gasteiger partial charge in [0.25, 0.3) is 0 Å². The second-order valence-electron chi connectivity index (χ2n) is 6.53. The largest absolute Gasteiger partial charge is 0.326 e. The first-order valence-corrected chi connectivity index (χ1v) is 10.3. The first-order chi connectivity index (χ1) is 12.9. The number of aromatic nitrogens is 2. The van der Waals surface area contributed by atoms with E-state index in [1.165, 1.54) is 10.4 Å². The summed E-state index contributed by atoms with van der Waals surface area (Å²) in [5.74, 6) is -0.654. The van der Waals surface area contributed by atoms with Crippen molar-refractivity contribution in [3.05, 3.63) is 63.8 Å². The zero-order chi connectivity index (χ0) is 19.2. The van der Waals surface area contributed by atoms with Crippen LogP contribution in [0.4, 0.5) is 4.39 Å². The number of halogens is 2. The third-order valence-corrected chi connectivity index (χ3v) is 7.30. The lowest BCUT2D eigenvalue weighted by atomic mass is 10.1. The van der Waals surface area contributed by atoms with Crippen molar-refractivity contribution in [1.82, 2.24) is 13.9 Å². The van der Waals surface area contributed by atoms with Crippen molar-refractivity contribution in [3.8, 4) is 0 Å². The molecule has 4 rings (SSSR count). The summed E-state index contributed by atoms with van der Waals surface area (Å²) in [6.07, 6.45) is 0.960. The smallest absolute Gasteiger partial charge is 0.306 e. The fourth-order valence-corrected chi connectivity index (χ4v) is 5.55. The Balaban J connectivity index is 1.59. The summed E-state index contributed by atoms with van der Waals surface area (Å²) >= 11 is 5.97. The van der Waals surface area contributed by atoms with Gasteiger partial charge in [0.15, 0.2) is 0 Å². The molecule has 9 heteroatoms. The summed E-state index contributed by atoms with van der Waals surface area (Å²) in [6, 6.07) is 10.6. The summed E-state index contributed by atoms with van der Waals surface area (Å²) in [6.45, 7) is 0.456. The lowest BCUT2D eigenvalue weighted by molar-refractivity contribution is 0.274. The van der Waals surface area contributed by atoms with Crippen molar-refractivity contribution in [3.63, 3.8) is 0 Å². The van der Waals surface area contributed by atoms with Crippen molar-refractivity contribution in [2.45, 2.75) is 23.8 Å². The molecule has 0 atom stereocenters. The Labute approximate surface area is 160 Å². The van der Waals surface area contributed by atoms with Crippen LogP contribution in [0.2, 0.25) is 5.02 Å². The van der Waals surface area contributed by atoms with Gasteiger partial charge in [-0.3, -0.25) is 4.57 Å². The molecule has 2 heterocycles. The number of para-hydroxylation sites is 2. The van der Waals surface area contributed by atoms with Gasteiger partial charge in [0.2, 0.25) is 10.0 Å². The third-order valence-electron chi connectivity index (χ3n) is 4.92. The second-order valence-corrected chi connectivity index (χ2v) is 8.84. The second kappa shape index (κ2) is 6.78. The standard InChI is InChI=1S/C18H17ClFN3O3S/c19-14-6-5-12(20)11-17(14)27(25,26)22-9-7-13(8-10-22)23-16-4-2-1-3-15(16)21-18(23)24/h1-6,11,13H,7-10H2,(H,21,24). The average molecular weight is 410 g/mol. The van der Waals surface area contributed by atoms with Crippen LogP contribution in [0.5, 0.6) is 0 Å². The Hall–Kier alpha value is -2.16. The third kappa shape index (κ3) is 3.18. The lowest BCUT2D eigenvalue weighted by Gasteiger charge is -2.32. The Kier molecular flexibility index (Phi) is 4.57. The number of fused-ring (bicyclic) bond motifs is 1. The summed E-state index contributed by atoms with van der Waals surface area (Å²) in [7, 11) is -3.89. The molecule has 1 aromatic heterocycles. The van der Waals surface area contributed by atoms with Gasteiger partial charge in [-0.25, -0.2) is 17.6 Å². The zero-order valence-corrected chi connectivity index (χ0v) is 15.8. The highest BCUT2D eigenvalue weighted by atomic mass is 35.5. The van der Waals surface area contributed by atoms with Crippen LogP contribution in [0.25, 0.3) is 11.0 Å². The fraction of sp³-hybridized carbons (Fsp3) is 0.278. The molecule has 6 nitrogen and oxygen atoms in total. The topological polar surface area (TPSA) is 75.2 Å². The van der Waals surface area contributed by atoms with E-state index in [0.29, 0.717) is 12.8 Å². The van der Waals surface area contributed by atoms with Crippen LogP contribution in [-0.2, 0) is 10.0 Å². The lowest BCUT2D eigenvalue weighted by Crippen LogP contribution is -2.40. The van der Waals surface area contributed by atoms with Crippen LogP contribution in [-0.4, -0.2) is 35.4 Å². The van der Waals surface area contributed by atoms with Gasteiger partial charge in [-0.1, -0.05) is 23.7 Å². The van der Waals surface area contributed by atoms with E-state index in [9.17, 15) is 17.6 Å². The van der Waals surface area contributed by atoms with E-state index in [4.69, 9.17) is 11.6 Å². The molecule has 0 spiro atoms. The molecule has 1 aliphatic heterocycles. The van der Waals surface area contributed by atoms with E-state index in [1.807, 2.05) is 24.3 Å². The summed E-state index contributed by atoms with van der Waals surface area (Å²) < 4.78 is 42.2. The van der Waals surface area contributed by atoms with E-state index in [1.54, 1.807) is 4.57 Å². The molecule has 0 unspecified atom stereocenters. The quantitative estimate of drug-likeness (QED) is 0.722. The van der Waals surface area contributed by atoms with Crippen molar-refractivity contribution < 1.29 is 12.8 Å². The maximum atomic E-state index is 13.5. The van der Waals surface area contributed by atoms with Gasteiger partial charge in [-0.15, -0.1) is 0 Å². The number of benzene rings is 2. The number of rotatable bonds is 3. The van der Waals surface area contributed by atoms with Crippen LogP contribution in [0.1, 0.15) is 18.9 Å². The Morgan fingerprint density at radius 2 is 1.81 bits per heavy atom. The number of hydrogen-bond acceptors (Lipinski definition) is 3. The predicted octanol–water partition coefficient (Wildman–Crippen LogP) is 3.15. The number of nitrogens with zero attached hydrogens (tertiary/aromatic N) is 2. The predicted molar refractivity (Wildman–Crippen MR) is 101 cm³/mol. The highest BCUT2D eigenvalue weighted by Gasteiger charge is 2.32. The number of aromatic amines is 1. The Bertz CT molecular complexity index is 1160. The van der Waals surface area contributed by atoms with Crippen LogP contribution in [0.15, 0.2) is 52.2 Å². The van der Waals surface area contributed by atoms with Crippen LogP contribution in [0, 0.1) is 5.82 Å². The monoisotopic (exact) mass is 409 g/mol. The molecule has 142 valence electrons. The highest BCUT2D eigenvalue weighted by molar-refractivity contribution is 7.89. The number of imidazole rings is 1. The van der Waals surface area contributed by atoms with Gasteiger partial charge in [-0.05, 0) is 43.2 Å². The van der Waals surface area contributed by atoms with Crippen molar-refractivity contribution in [2.75, 3.05) is 13.1 Å². The molecule has 0 aliphatic carbocycles. The normalized spacial score (nSPS) is 16.8. The molecule has 0 saturated carbocycles. The zero-order valence-electron chi connectivity index (χ0n) is 14.2. The van der Waals surface area contributed by atoms with Crippen molar-refractivity contribution in [2.24, 2.45) is 0 Å². The molecule has 2 aromatic carbocycles. The first kappa shape index (κ1) is 18.2. The molecule has 3 aromatic rings. The Morgan fingerprint density at radius 3 is 2.56 bits per heavy atom. The minimum atomic E-state index is -3.89. The number of nitrogens with one attached hydrogen (secondary N) is 1. The number of H-pyrrole nitrogens is 1. The minimum absolute atomic E-state index is 0.00799. The van der Waals surface area contributed by atoms with E-state index in [2.05, 4.69) is 4.98 Å². The van der Waals surface area contributed by atoms with Gasteiger partial charge in [0.1, 0.15) is 10.7 Å². The van der Waals surface area contributed by atoms with E-state index < -0.39 is 15.8 Å². The maximum absolute atomic E-state index is 13.5. The maximum Gasteiger partial charge on any atom is 0.326 e. The summed E-state index contributed by atoms with van der Waals surface area (Å²) in [4.78, 5) is 14.9. The molecule has 1 N–H and O–H groups in total. The van der Waals surface area contributed by atoms with E-state index in [-0.39, 0.29) is 34.7 Å². The van der Waals surface area contributed by atoms with Gasteiger partial charge in [0, 0.05) is 19.1 Å². The summed E-state index contributed by atoms with van der Waals surface area (Å²) in [5, 5.41) is -0.00799. The van der Waals surface area contributed by atoms with Gasteiger partial charge < -0.3 is 4.98 Å². The number of hydrogen-bond donors (Lipinski definition) is 1. The number of sulfonamides is 1. The molecule has 0 radical (unpaired) electrons. The van der Waals surface area contributed by atoms with Gasteiger partial charge >= 0.3 is 5.69 Å². The highest BCUT2D eigenvalue weighted by Crippen LogP contribution is 2.31. The SMILES string of the molecule is O=c1[nH]c2ccccc2n1C1CCN(S(=O)(=O)c2cc(F)ccc2Cl)CC1. The van der Waals surface area contributed by atoms with Crippen molar-refractivity contribution >= 4 is 32.7 Å². The molecular weight excluding hydrogens is 393 g/mol.